The standard InChI is InChI=1S/C12H12F3N5O/c13-12(14,15)8-3-1-2-4-10(8)20-7-9(18-19-20)11(21)17-6-5-16/h1-4,7H,5-6,16H2,(H,17,21). The van der Waals surface area contributed by atoms with Gasteiger partial charge in [-0.2, -0.15) is 13.2 Å². The zero-order chi connectivity index (χ0) is 15.5. The first kappa shape index (κ1) is 15.0. The van der Waals surface area contributed by atoms with Crippen LogP contribution in [0.25, 0.3) is 5.69 Å². The van der Waals surface area contributed by atoms with Crippen LogP contribution in [-0.2, 0) is 6.18 Å². The quantitative estimate of drug-likeness (QED) is 0.881. The number of aromatic nitrogens is 3. The predicted molar refractivity (Wildman–Crippen MR) is 67.7 cm³/mol. The van der Waals surface area contributed by atoms with Crippen molar-refractivity contribution in [2.75, 3.05) is 13.1 Å². The number of nitrogens with zero attached hydrogens (tertiary/aromatic N) is 3. The van der Waals surface area contributed by atoms with E-state index in [9.17, 15) is 18.0 Å². The number of carbonyl (C=O) groups is 1. The molecule has 1 heterocycles. The molecule has 0 fully saturated rings. The maximum absolute atomic E-state index is 12.9. The van der Waals surface area contributed by atoms with Crippen LogP contribution in [0.1, 0.15) is 16.1 Å². The minimum Gasteiger partial charge on any atom is -0.349 e. The molecule has 112 valence electrons. The Kier molecular flexibility index (Phi) is 4.22. The summed E-state index contributed by atoms with van der Waals surface area (Å²) in [5.74, 6) is -0.545. The zero-order valence-corrected chi connectivity index (χ0v) is 10.8. The average Bonchev–Trinajstić information content (AvgIpc) is 2.93. The number of carbonyl (C=O) groups excluding carboxylic acids is 1. The fraction of sp³-hybridized carbons (Fsp3) is 0.250. The lowest BCUT2D eigenvalue weighted by Gasteiger charge is -2.11. The third-order valence-corrected chi connectivity index (χ3v) is 2.61. The highest BCUT2D eigenvalue weighted by atomic mass is 19.4. The number of nitrogens with two attached hydrogens (primary N) is 1. The summed E-state index contributed by atoms with van der Waals surface area (Å²) in [6.07, 6.45) is -3.39. The Morgan fingerprint density at radius 3 is 2.71 bits per heavy atom. The van der Waals surface area contributed by atoms with E-state index >= 15 is 0 Å². The number of rotatable bonds is 4. The smallest absolute Gasteiger partial charge is 0.349 e. The highest BCUT2D eigenvalue weighted by Crippen LogP contribution is 2.33. The van der Waals surface area contributed by atoms with Gasteiger partial charge in [-0.25, -0.2) is 4.68 Å². The molecule has 0 saturated heterocycles. The first-order valence-corrected chi connectivity index (χ1v) is 6.00. The van der Waals surface area contributed by atoms with E-state index in [2.05, 4.69) is 15.6 Å². The second-order valence-electron chi connectivity index (χ2n) is 4.11. The first-order valence-electron chi connectivity index (χ1n) is 6.00. The molecule has 0 unspecified atom stereocenters. The van der Waals surface area contributed by atoms with Crippen molar-refractivity contribution in [3.05, 3.63) is 41.7 Å². The number of amides is 1. The largest absolute Gasteiger partial charge is 0.418 e. The summed E-state index contributed by atoms with van der Waals surface area (Å²) < 4.78 is 39.7. The summed E-state index contributed by atoms with van der Waals surface area (Å²) in [5.41, 5.74) is 4.10. The molecule has 3 N–H and O–H groups in total. The van der Waals surface area contributed by atoms with Crippen LogP contribution in [-0.4, -0.2) is 34.0 Å². The van der Waals surface area contributed by atoms with Crippen LogP contribution < -0.4 is 11.1 Å². The molecule has 1 aromatic carbocycles. The highest BCUT2D eigenvalue weighted by Gasteiger charge is 2.34. The van der Waals surface area contributed by atoms with Gasteiger partial charge in [0.05, 0.1) is 17.4 Å². The van der Waals surface area contributed by atoms with Crippen molar-refractivity contribution in [3.8, 4) is 5.69 Å². The third-order valence-electron chi connectivity index (χ3n) is 2.61. The zero-order valence-electron chi connectivity index (χ0n) is 10.8. The first-order chi connectivity index (χ1) is 9.93. The number of para-hydroxylation sites is 1. The van der Waals surface area contributed by atoms with Crippen molar-refractivity contribution in [3.63, 3.8) is 0 Å². The van der Waals surface area contributed by atoms with Gasteiger partial charge in [-0.05, 0) is 12.1 Å². The van der Waals surface area contributed by atoms with Crippen LogP contribution in [0.3, 0.4) is 0 Å². The predicted octanol–water partition coefficient (Wildman–Crippen LogP) is 0.975. The number of nitrogens with one attached hydrogen (secondary N) is 1. The topological polar surface area (TPSA) is 85.8 Å². The third kappa shape index (κ3) is 3.37. The van der Waals surface area contributed by atoms with Crippen molar-refractivity contribution in [2.45, 2.75) is 6.18 Å². The summed E-state index contributed by atoms with van der Waals surface area (Å²) in [6.45, 7) is 0.488. The fourth-order valence-electron chi connectivity index (χ4n) is 1.67. The van der Waals surface area contributed by atoms with Crippen LogP contribution in [0.5, 0.6) is 0 Å². The van der Waals surface area contributed by atoms with Gasteiger partial charge in [0.15, 0.2) is 5.69 Å². The van der Waals surface area contributed by atoms with E-state index < -0.39 is 17.6 Å². The van der Waals surface area contributed by atoms with Gasteiger partial charge in [0.1, 0.15) is 0 Å². The number of hydrogen-bond donors (Lipinski definition) is 2. The van der Waals surface area contributed by atoms with Gasteiger partial charge in [0.2, 0.25) is 0 Å². The highest BCUT2D eigenvalue weighted by molar-refractivity contribution is 5.91. The number of hydrogen-bond acceptors (Lipinski definition) is 4. The van der Waals surface area contributed by atoms with Gasteiger partial charge in [-0.3, -0.25) is 4.79 Å². The Balaban J connectivity index is 2.32. The molecule has 2 aromatic rings. The molecular weight excluding hydrogens is 287 g/mol. The second-order valence-corrected chi connectivity index (χ2v) is 4.11. The molecule has 0 bridgehead atoms. The molecule has 0 atom stereocenters. The monoisotopic (exact) mass is 299 g/mol. The van der Waals surface area contributed by atoms with Crippen molar-refractivity contribution in [1.82, 2.24) is 20.3 Å². The summed E-state index contributed by atoms with van der Waals surface area (Å²) in [6, 6.07) is 4.91. The van der Waals surface area contributed by atoms with E-state index in [1.54, 1.807) is 0 Å². The molecule has 0 spiro atoms. The Morgan fingerprint density at radius 1 is 1.33 bits per heavy atom. The van der Waals surface area contributed by atoms with Crippen molar-refractivity contribution < 1.29 is 18.0 Å². The molecule has 0 aliphatic carbocycles. The summed E-state index contributed by atoms with van der Waals surface area (Å²) in [7, 11) is 0. The summed E-state index contributed by atoms with van der Waals surface area (Å²) in [4.78, 5) is 11.6. The molecule has 9 heteroatoms. The second kappa shape index (κ2) is 5.92. The van der Waals surface area contributed by atoms with Crippen molar-refractivity contribution in [2.24, 2.45) is 5.73 Å². The lowest BCUT2D eigenvalue weighted by atomic mass is 10.1. The van der Waals surface area contributed by atoms with Crippen LogP contribution in [0.15, 0.2) is 30.5 Å². The lowest BCUT2D eigenvalue weighted by molar-refractivity contribution is -0.137. The van der Waals surface area contributed by atoms with E-state index in [1.807, 2.05) is 0 Å². The van der Waals surface area contributed by atoms with Crippen LogP contribution in [0.2, 0.25) is 0 Å². The molecule has 0 radical (unpaired) electrons. The van der Waals surface area contributed by atoms with Crippen molar-refractivity contribution in [1.29, 1.82) is 0 Å². The molecule has 6 nitrogen and oxygen atoms in total. The Bertz CT molecular complexity index is 638. The van der Waals surface area contributed by atoms with Gasteiger partial charge in [-0.15, -0.1) is 5.10 Å². The number of halogens is 3. The SMILES string of the molecule is NCCNC(=O)c1cn(-c2ccccc2C(F)(F)F)nn1. The number of alkyl halides is 3. The maximum atomic E-state index is 12.9. The van der Waals surface area contributed by atoms with Crippen LogP contribution in [0.4, 0.5) is 13.2 Å². The minimum absolute atomic E-state index is 0.0829. The average molecular weight is 299 g/mol. The molecular formula is C12H12F3N5O. The molecule has 1 amide bonds. The molecule has 2 rings (SSSR count). The van der Waals surface area contributed by atoms with Gasteiger partial charge < -0.3 is 11.1 Å². The van der Waals surface area contributed by atoms with Crippen LogP contribution in [0, 0.1) is 0 Å². The molecule has 0 aliphatic rings. The fourth-order valence-corrected chi connectivity index (χ4v) is 1.67. The summed E-state index contributed by atoms with van der Waals surface area (Å²) in [5, 5.41) is 9.58. The molecule has 21 heavy (non-hydrogen) atoms. The van der Waals surface area contributed by atoms with E-state index in [-0.39, 0.29) is 24.5 Å². The van der Waals surface area contributed by atoms with E-state index in [4.69, 9.17) is 5.73 Å². The Hall–Kier alpha value is -2.42. The van der Waals surface area contributed by atoms with Gasteiger partial charge >= 0.3 is 6.18 Å². The van der Waals surface area contributed by atoms with Gasteiger partial charge in [0.25, 0.3) is 5.91 Å². The van der Waals surface area contributed by atoms with Gasteiger partial charge in [-0.1, -0.05) is 17.3 Å². The number of benzene rings is 1. The van der Waals surface area contributed by atoms with Gasteiger partial charge in [0, 0.05) is 13.1 Å². The van der Waals surface area contributed by atoms with Crippen molar-refractivity contribution >= 4 is 5.91 Å². The van der Waals surface area contributed by atoms with E-state index in [0.29, 0.717) is 0 Å². The normalized spacial score (nSPS) is 11.4. The molecule has 0 saturated carbocycles. The van der Waals surface area contributed by atoms with Crippen LogP contribution >= 0.6 is 0 Å². The van der Waals surface area contributed by atoms with E-state index in [0.717, 1.165) is 16.9 Å². The molecule has 1 aromatic heterocycles. The summed E-state index contributed by atoms with van der Waals surface area (Å²) >= 11 is 0. The van der Waals surface area contributed by atoms with E-state index in [1.165, 1.54) is 18.2 Å². The lowest BCUT2D eigenvalue weighted by Crippen LogP contribution is -2.29. The minimum atomic E-state index is -4.52. The Labute approximate surface area is 117 Å². The molecule has 0 aliphatic heterocycles. The Morgan fingerprint density at radius 2 is 2.05 bits per heavy atom. The maximum Gasteiger partial charge on any atom is 0.418 e.